The summed E-state index contributed by atoms with van der Waals surface area (Å²) in [4.78, 5) is 25.8. The number of benzene rings is 3. The number of alkyl halides is 3. The summed E-state index contributed by atoms with van der Waals surface area (Å²) < 4.78 is 60.0. The van der Waals surface area contributed by atoms with Crippen molar-refractivity contribution in [2.75, 3.05) is 13.2 Å². The van der Waals surface area contributed by atoms with Gasteiger partial charge in [0, 0.05) is 22.8 Å². The van der Waals surface area contributed by atoms with Gasteiger partial charge in [-0.05, 0) is 68.4 Å². The van der Waals surface area contributed by atoms with Gasteiger partial charge in [-0.3, -0.25) is 4.79 Å². The van der Waals surface area contributed by atoms with Crippen molar-refractivity contribution in [2.24, 2.45) is 0 Å². The van der Waals surface area contributed by atoms with Crippen LogP contribution in [0.25, 0.3) is 16.6 Å². The van der Waals surface area contributed by atoms with Crippen LogP contribution in [-0.4, -0.2) is 36.1 Å². The molecule has 0 unspecified atom stereocenters. The average molecular weight is 596 g/mol. The maximum atomic E-state index is 13.2. The molecule has 1 aromatic heterocycles. The first kappa shape index (κ1) is 29.1. The predicted octanol–water partition coefficient (Wildman–Crippen LogP) is 7.91. The number of rotatable bonds is 9. The van der Waals surface area contributed by atoms with Crippen LogP contribution in [0.1, 0.15) is 29.9 Å². The number of carbonyl (C=O) groups is 2. The zero-order valence-corrected chi connectivity index (χ0v) is 22.7. The van der Waals surface area contributed by atoms with Crippen LogP contribution in [0.3, 0.4) is 0 Å². The number of hydrogen-bond donors (Lipinski definition) is 0. The number of halogens is 5. The van der Waals surface area contributed by atoms with Crippen LogP contribution in [0, 0.1) is 0 Å². The van der Waals surface area contributed by atoms with Gasteiger partial charge >= 0.3 is 18.3 Å². The van der Waals surface area contributed by atoms with E-state index in [2.05, 4.69) is 4.74 Å². The van der Waals surface area contributed by atoms with Crippen molar-refractivity contribution in [3.8, 4) is 22.9 Å². The van der Waals surface area contributed by atoms with Crippen LogP contribution < -0.4 is 9.47 Å². The minimum absolute atomic E-state index is 0.0628. The smallest absolute Gasteiger partial charge is 0.466 e. The Labute approximate surface area is 236 Å². The molecule has 0 saturated heterocycles. The van der Waals surface area contributed by atoms with E-state index in [9.17, 15) is 22.8 Å². The largest absolute Gasteiger partial charge is 0.573 e. The van der Waals surface area contributed by atoms with Crippen molar-refractivity contribution < 1.29 is 41.7 Å². The van der Waals surface area contributed by atoms with Gasteiger partial charge in [-0.1, -0.05) is 23.2 Å². The van der Waals surface area contributed by atoms with E-state index in [1.54, 1.807) is 48.7 Å². The minimum atomic E-state index is -4.86. The van der Waals surface area contributed by atoms with E-state index in [-0.39, 0.29) is 35.9 Å². The Balaban J connectivity index is 1.90. The van der Waals surface area contributed by atoms with Crippen molar-refractivity contribution >= 4 is 46.0 Å². The maximum absolute atomic E-state index is 13.2. The highest BCUT2D eigenvalue weighted by atomic mass is 35.5. The molecule has 0 aliphatic carbocycles. The van der Waals surface area contributed by atoms with Crippen molar-refractivity contribution in [1.29, 1.82) is 0 Å². The molecule has 0 aliphatic heterocycles. The Hall–Kier alpha value is -3.89. The molecule has 0 N–H and O–H groups in total. The van der Waals surface area contributed by atoms with E-state index >= 15 is 0 Å². The predicted molar refractivity (Wildman–Crippen MR) is 143 cm³/mol. The molecule has 4 aromatic rings. The summed E-state index contributed by atoms with van der Waals surface area (Å²) in [6, 6.07) is 14.6. The molecule has 0 radical (unpaired) electrons. The molecule has 1 heterocycles. The Kier molecular flexibility index (Phi) is 8.80. The Bertz CT molecular complexity index is 1550. The summed E-state index contributed by atoms with van der Waals surface area (Å²) in [5.74, 6) is -1.01. The van der Waals surface area contributed by atoms with Gasteiger partial charge in [-0.2, -0.15) is 0 Å². The number of nitrogens with zero attached hydrogens (tertiary/aromatic N) is 1. The molecule has 210 valence electrons. The fourth-order valence-electron chi connectivity index (χ4n) is 4.10. The van der Waals surface area contributed by atoms with E-state index in [1.807, 2.05) is 0 Å². The average Bonchev–Trinajstić information content (AvgIpc) is 3.19. The second kappa shape index (κ2) is 12.1. The topological polar surface area (TPSA) is 76.0 Å². The van der Waals surface area contributed by atoms with Crippen molar-refractivity contribution in [2.45, 2.75) is 26.6 Å². The molecule has 12 heteroatoms. The lowest BCUT2D eigenvalue weighted by atomic mass is 10.1. The van der Waals surface area contributed by atoms with Gasteiger partial charge in [0.1, 0.15) is 17.2 Å². The first-order chi connectivity index (χ1) is 19.0. The summed E-state index contributed by atoms with van der Waals surface area (Å²) in [6.07, 6.45) is -5.18. The second-order valence-electron chi connectivity index (χ2n) is 8.26. The fourth-order valence-corrected chi connectivity index (χ4v) is 4.39. The summed E-state index contributed by atoms with van der Waals surface area (Å²) in [5, 5.41) is 1.01. The van der Waals surface area contributed by atoms with Crippen LogP contribution in [-0.2, 0) is 20.7 Å². The van der Waals surface area contributed by atoms with Crippen LogP contribution >= 0.6 is 23.2 Å². The van der Waals surface area contributed by atoms with Crippen LogP contribution in [0.4, 0.5) is 13.2 Å². The highest BCUT2D eigenvalue weighted by Gasteiger charge is 2.31. The van der Waals surface area contributed by atoms with Gasteiger partial charge < -0.3 is 23.5 Å². The molecule has 40 heavy (non-hydrogen) atoms. The number of fused-ring (bicyclic) bond motifs is 1. The zero-order valence-electron chi connectivity index (χ0n) is 21.2. The molecule has 0 bridgehead atoms. The Morgan fingerprint density at radius 2 is 1.45 bits per heavy atom. The number of esters is 2. The lowest BCUT2D eigenvalue weighted by molar-refractivity contribution is -0.274. The number of carbonyl (C=O) groups excluding carboxylic acids is 2. The van der Waals surface area contributed by atoms with Crippen molar-refractivity contribution in [1.82, 2.24) is 4.57 Å². The third-order valence-corrected chi connectivity index (χ3v) is 6.33. The van der Waals surface area contributed by atoms with Gasteiger partial charge in [-0.25, -0.2) is 4.79 Å². The lowest BCUT2D eigenvalue weighted by Gasteiger charge is -2.14. The maximum Gasteiger partial charge on any atom is 0.573 e. The quantitative estimate of drug-likeness (QED) is 0.183. The van der Waals surface area contributed by atoms with Crippen LogP contribution in [0.2, 0.25) is 10.0 Å². The third-order valence-electron chi connectivity index (χ3n) is 5.59. The summed E-state index contributed by atoms with van der Waals surface area (Å²) >= 11 is 12.1. The van der Waals surface area contributed by atoms with E-state index in [1.165, 1.54) is 18.2 Å². The van der Waals surface area contributed by atoms with E-state index < -0.39 is 24.1 Å². The summed E-state index contributed by atoms with van der Waals surface area (Å²) in [7, 11) is 0. The molecule has 0 spiro atoms. The molecule has 3 aromatic carbocycles. The molecule has 0 saturated carbocycles. The van der Waals surface area contributed by atoms with Crippen LogP contribution in [0.5, 0.6) is 17.2 Å². The van der Waals surface area contributed by atoms with E-state index in [4.69, 9.17) is 37.4 Å². The van der Waals surface area contributed by atoms with Crippen LogP contribution in [0.15, 0.2) is 60.7 Å². The van der Waals surface area contributed by atoms with E-state index in [0.717, 1.165) is 12.1 Å². The highest BCUT2D eigenvalue weighted by molar-refractivity contribution is 6.42. The third kappa shape index (κ3) is 6.63. The van der Waals surface area contributed by atoms with Gasteiger partial charge in [0.15, 0.2) is 0 Å². The molecule has 0 fully saturated rings. The Morgan fingerprint density at radius 1 is 0.825 bits per heavy atom. The number of ether oxygens (including phenoxy) is 4. The van der Waals surface area contributed by atoms with E-state index in [0.29, 0.717) is 33.1 Å². The normalized spacial score (nSPS) is 11.4. The zero-order chi connectivity index (χ0) is 29.0. The Morgan fingerprint density at radius 3 is 2.08 bits per heavy atom. The standard InChI is InChI=1S/C28H22Cl2F3NO6/c1-3-37-25(35)15-24-26(27(36)38-4-2)20-13-18(39-19-9-11-21(29)22(30)14-19)10-12-23(20)34(24)16-5-7-17(8-6-16)40-28(31,32)33/h5-14H,3-4,15H2,1-2H3. The molecule has 4 rings (SSSR count). The summed E-state index contributed by atoms with van der Waals surface area (Å²) in [6.45, 7) is 3.46. The van der Waals surface area contributed by atoms with Gasteiger partial charge in [-0.15, -0.1) is 13.2 Å². The monoisotopic (exact) mass is 595 g/mol. The fraction of sp³-hybridized carbons (Fsp3) is 0.214. The number of aromatic nitrogens is 1. The number of hydrogen-bond acceptors (Lipinski definition) is 6. The molecule has 0 amide bonds. The molecular weight excluding hydrogens is 574 g/mol. The van der Waals surface area contributed by atoms with Gasteiger partial charge in [0.25, 0.3) is 0 Å². The van der Waals surface area contributed by atoms with Crippen molar-refractivity contribution in [3.63, 3.8) is 0 Å². The second-order valence-corrected chi connectivity index (χ2v) is 9.07. The van der Waals surface area contributed by atoms with Gasteiger partial charge in [0.05, 0.1) is 40.8 Å². The van der Waals surface area contributed by atoms with Crippen molar-refractivity contribution in [3.05, 3.63) is 82.0 Å². The molecule has 0 aliphatic rings. The molecular formula is C28H22Cl2F3NO6. The highest BCUT2D eigenvalue weighted by Crippen LogP contribution is 2.36. The SMILES string of the molecule is CCOC(=O)Cc1c(C(=O)OCC)c2cc(Oc3ccc(Cl)c(Cl)c3)ccc2n1-c1ccc(OC(F)(F)F)cc1. The first-order valence-electron chi connectivity index (χ1n) is 12.0. The summed E-state index contributed by atoms with van der Waals surface area (Å²) in [5.41, 5.74) is 1.14. The minimum Gasteiger partial charge on any atom is -0.466 e. The molecule has 0 atom stereocenters. The molecule has 7 nitrogen and oxygen atoms in total. The van der Waals surface area contributed by atoms with Gasteiger partial charge in [0.2, 0.25) is 0 Å². The first-order valence-corrected chi connectivity index (χ1v) is 12.8. The lowest BCUT2D eigenvalue weighted by Crippen LogP contribution is -2.17.